The number of nitrogens with one attached hydrogen (secondary N) is 1. The van der Waals surface area contributed by atoms with Crippen LogP contribution in [0.15, 0.2) is 5.38 Å². The normalized spacial score (nSPS) is 12.4. The lowest BCUT2D eigenvalue weighted by Gasteiger charge is -2.18. The standard InChI is InChI=1S/C12H22N2S/c1-9(2)10-7-15-11(14-10)6-13-8-12(3,4)5/h7,9,13H,6,8H2,1-5H3. The van der Waals surface area contributed by atoms with E-state index in [2.05, 4.69) is 50.3 Å². The highest BCUT2D eigenvalue weighted by Gasteiger charge is 2.10. The lowest BCUT2D eigenvalue weighted by atomic mass is 9.97. The molecule has 0 amide bonds. The summed E-state index contributed by atoms with van der Waals surface area (Å²) in [6, 6.07) is 0. The number of aromatic nitrogens is 1. The van der Waals surface area contributed by atoms with Crippen molar-refractivity contribution in [3.63, 3.8) is 0 Å². The van der Waals surface area contributed by atoms with Crippen molar-refractivity contribution in [2.75, 3.05) is 6.54 Å². The van der Waals surface area contributed by atoms with Gasteiger partial charge >= 0.3 is 0 Å². The summed E-state index contributed by atoms with van der Waals surface area (Å²) in [4.78, 5) is 4.59. The van der Waals surface area contributed by atoms with Crippen LogP contribution in [0.1, 0.15) is 51.2 Å². The minimum Gasteiger partial charge on any atom is -0.310 e. The van der Waals surface area contributed by atoms with Gasteiger partial charge in [-0.25, -0.2) is 4.98 Å². The first-order valence-corrected chi connectivity index (χ1v) is 6.41. The summed E-state index contributed by atoms with van der Waals surface area (Å²) in [5, 5.41) is 6.80. The van der Waals surface area contributed by atoms with Crippen molar-refractivity contribution >= 4 is 11.3 Å². The Morgan fingerprint density at radius 1 is 1.40 bits per heavy atom. The summed E-state index contributed by atoms with van der Waals surface area (Å²) in [6.07, 6.45) is 0. The average Bonchev–Trinajstić information content (AvgIpc) is 2.50. The van der Waals surface area contributed by atoms with Crippen molar-refractivity contribution in [3.05, 3.63) is 16.1 Å². The van der Waals surface area contributed by atoms with E-state index in [1.54, 1.807) is 11.3 Å². The summed E-state index contributed by atoms with van der Waals surface area (Å²) in [7, 11) is 0. The van der Waals surface area contributed by atoms with Crippen LogP contribution in [0.25, 0.3) is 0 Å². The molecule has 15 heavy (non-hydrogen) atoms. The van der Waals surface area contributed by atoms with Gasteiger partial charge in [0, 0.05) is 18.5 Å². The maximum absolute atomic E-state index is 4.59. The average molecular weight is 226 g/mol. The predicted molar refractivity (Wildman–Crippen MR) is 67.4 cm³/mol. The topological polar surface area (TPSA) is 24.9 Å². The molecule has 0 fully saturated rings. The molecule has 0 unspecified atom stereocenters. The zero-order chi connectivity index (χ0) is 11.5. The summed E-state index contributed by atoms with van der Waals surface area (Å²) in [6.45, 7) is 13.0. The van der Waals surface area contributed by atoms with Gasteiger partial charge in [-0.05, 0) is 11.3 Å². The first-order valence-electron chi connectivity index (χ1n) is 5.53. The van der Waals surface area contributed by atoms with Gasteiger partial charge < -0.3 is 5.32 Å². The van der Waals surface area contributed by atoms with Gasteiger partial charge in [0.25, 0.3) is 0 Å². The first-order chi connectivity index (χ1) is 6.88. The molecule has 0 spiro atoms. The van der Waals surface area contributed by atoms with E-state index in [4.69, 9.17) is 0 Å². The van der Waals surface area contributed by atoms with E-state index in [-0.39, 0.29) is 0 Å². The smallest absolute Gasteiger partial charge is 0.107 e. The van der Waals surface area contributed by atoms with Gasteiger partial charge in [0.1, 0.15) is 5.01 Å². The number of nitrogens with zero attached hydrogens (tertiary/aromatic N) is 1. The third-order valence-electron chi connectivity index (χ3n) is 2.09. The molecule has 86 valence electrons. The Labute approximate surface area is 97.1 Å². The van der Waals surface area contributed by atoms with E-state index in [0.29, 0.717) is 11.3 Å². The molecule has 0 saturated carbocycles. The molecular formula is C12H22N2S. The molecular weight excluding hydrogens is 204 g/mol. The third kappa shape index (κ3) is 4.76. The Morgan fingerprint density at radius 3 is 2.53 bits per heavy atom. The molecule has 0 radical (unpaired) electrons. The molecule has 1 aromatic rings. The van der Waals surface area contributed by atoms with Crippen molar-refractivity contribution < 1.29 is 0 Å². The maximum atomic E-state index is 4.59. The van der Waals surface area contributed by atoms with Gasteiger partial charge in [-0.2, -0.15) is 0 Å². The van der Waals surface area contributed by atoms with Crippen LogP contribution in [0.2, 0.25) is 0 Å². The lowest BCUT2D eigenvalue weighted by Crippen LogP contribution is -2.26. The Hall–Kier alpha value is -0.410. The van der Waals surface area contributed by atoms with Crippen LogP contribution in [-0.2, 0) is 6.54 Å². The van der Waals surface area contributed by atoms with Crippen molar-refractivity contribution in [1.82, 2.24) is 10.3 Å². The Balaban J connectivity index is 2.38. The van der Waals surface area contributed by atoms with Crippen molar-refractivity contribution in [3.8, 4) is 0 Å². The third-order valence-corrected chi connectivity index (χ3v) is 2.96. The van der Waals surface area contributed by atoms with Crippen LogP contribution in [-0.4, -0.2) is 11.5 Å². The summed E-state index contributed by atoms with van der Waals surface area (Å²) in [5.41, 5.74) is 1.56. The summed E-state index contributed by atoms with van der Waals surface area (Å²) < 4.78 is 0. The van der Waals surface area contributed by atoms with Crippen LogP contribution >= 0.6 is 11.3 Å². The molecule has 0 atom stereocenters. The highest BCUT2D eigenvalue weighted by Crippen LogP contribution is 2.18. The molecule has 0 aliphatic carbocycles. The van der Waals surface area contributed by atoms with Gasteiger partial charge in [0.05, 0.1) is 5.69 Å². The first kappa shape index (κ1) is 12.7. The zero-order valence-corrected chi connectivity index (χ0v) is 11.2. The van der Waals surface area contributed by atoms with Crippen molar-refractivity contribution in [1.29, 1.82) is 0 Å². The fraction of sp³-hybridized carbons (Fsp3) is 0.750. The van der Waals surface area contributed by atoms with Crippen LogP contribution in [0.5, 0.6) is 0 Å². The monoisotopic (exact) mass is 226 g/mol. The summed E-state index contributed by atoms with van der Waals surface area (Å²) >= 11 is 1.75. The molecule has 1 rings (SSSR count). The van der Waals surface area contributed by atoms with Crippen molar-refractivity contribution in [2.24, 2.45) is 5.41 Å². The number of rotatable bonds is 4. The highest BCUT2D eigenvalue weighted by molar-refractivity contribution is 7.09. The van der Waals surface area contributed by atoms with E-state index < -0.39 is 0 Å². The molecule has 3 heteroatoms. The molecule has 0 aliphatic heterocycles. The molecule has 1 aromatic heterocycles. The minimum absolute atomic E-state index is 0.345. The fourth-order valence-electron chi connectivity index (χ4n) is 1.22. The molecule has 0 aliphatic rings. The van der Waals surface area contributed by atoms with Crippen LogP contribution in [0, 0.1) is 5.41 Å². The summed E-state index contributed by atoms with van der Waals surface area (Å²) in [5.74, 6) is 0.539. The molecule has 2 nitrogen and oxygen atoms in total. The number of hydrogen-bond donors (Lipinski definition) is 1. The molecule has 0 bridgehead atoms. The van der Waals surface area contributed by atoms with Gasteiger partial charge in [-0.15, -0.1) is 11.3 Å². The SMILES string of the molecule is CC(C)c1csc(CNCC(C)(C)C)n1. The predicted octanol–water partition coefficient (Wildman–Crippen LogP) is 3.40. The fourth-order valence-corrected chi connectivity index (χ4v) is 2.14. The van der Waals surface area contributed by atoms with Gasteiger partial charge in [0.2, 0.25) is 0 Å². The molecule has 1 heterocycles. The van der Waals surface area contributed by atoms with Gasteiger partial charge in [-0.1, -0.05) is 34.6 Å². The van der Waals surface area contributed by atoms with Crippen LogP contribution in [0.3, 0.4) is 0 Å². The molecule has 0 aromatic carbocycles. The van der Waals surface area contributed by atoms with E-state index >= 15 is 0 Å². The second-order valence-electron chi connectivity index (χ2n) is 5.49. The Kier molecular flexibility index (Phi) is 4.29. The van der Waals surface area contributed by atoms with Gasteiger partial charge in [-0.3, -0.25) is 0 Å². The van der Waals surface area contributed by atoms with Gasteiger partial charge in [0.15, 0.2) is 0 Å². The number of hydrogen-bond acceptors (Lipinski definition) is 3. The molecule has 1 N–H and O–H groups in total. The van der Waals surface area contributed by atoms with E-state index in [1.807, 2.05) is 0 Å². The molecule has 0 saturated heterocycles. The zero-order valence-electron chi connectivity index (χ0n) is 10.4. The largest absolute Gasteiger partial charge is 0.310 e. The minimum atomic E-state index is 0.345. The second-order valence-corrected chi connectivity index (χ2v) is 6.43. The van der Waals surface area contributed by atoms with E-state index in [9.17, 15) is 0 Å². The second kappa shape index (κ2) is 5.08. The Bertz CT molecular complexity index is 297. The van der Waals surface area contributed by atoms with Crippen LogP contribution in [0.4, 0.5) is 0 Å². The van der Waals surface area contributed by atoms with E-state index in [0.717, 1.165) is 13.1 Å². The highest BCUT2D eigenvalue weighted by atomic mass is 32.1. The van der Waals surface area contributed by atoms with Crippen LogP contribution < -0.4 is 5.32 Å². The van der Waals surface area contributed by atoms with E-state index in [1.165, 1.54) is 10.7 Å². The number of thiazole rings is 1. The quantitative estimate of drug-likeness (QED) is 0.851. The van der Waals surface area contributed by atoms with Crippen molar-refractivity contribution in [2.45, 2.75) is 47.1 Å². The lowest BCUT2D eigenvalue weighted by molar-refractivity contribution is 0.379. The maximum Gasteiger partial charge on any atom is 0.107 e. The Morgan fingerprint density at radius 2 is 2.07 bits per heavy atom.